The Balaban J connectivity index is 5.10. The molecule has 0 aromatic carbocycles. The molecule has 0 aliphatic carbocycles. The first-order valence-corrected chi connectivity index (χ1v) is 5.84. The van der Waals surface area contributed by atoms with Crippen molar-refractivity contribution in [3.63, 3.8) is 0 Å². The number of allylic oxidation sites excluding steroid dienone is 6. The molecule has 86 valence electrons. The lowest BCUT2D eigenvalue weighted by molar-refractivity contribution is 0.510. The molecule has 0 aromatic rings. The number of hydrogen-bond acceptors (Lipinski definition) is 0. The highest BCUT2D eigenvalue weighted by atomic mass is 14.2. The number of hydrogen-bond donors (Lipinski definition) is 0. The first-order valence-electron chi connectivity index (χ1n) is 5.84. The maximum absolute atomic E-state index is 2.27. The van der Waals surface area contributed by atoms with Crippen LogP contribution in [0.5, 0.6) is 0 Å². The Kier molecular flexibility index (Phi) is 5.64. The summed E-state index contributed by atoms with van der Waals surface area (Å²) in [5.41, 5.74) is 4.51. The molecule has 0 heterocycles. The third-order valence-corrected chi connectivity index (χ3v) is 2.77. The lowest BCUT2D eigenvalue weighted by Gasteiger charge is -2.23. The molecule has 0 spiro atoms. The van der Waals surface area contributed by atoms with Crippen molar-refractivity contribution in [2.75, 3.05) is 0 Å². The highest BCUT2D eigenvalue weighted by molar-refractivity contribution is 5.33. The quantitative estimate of drug-likeness (QED) is 0.551. The van der Waals surface area contributed by atoms with Crippen molar-refractivity contribution in [1.82, 2.24) is 0 Å². The van der Waals surface area contributed by atoms with Gasteiger partial charge in [0.05, 0.1) is 0 Å². The molecule has 0 N–H and O–H groups in total. The zero-order valence-electron chi connectivity index (χ0n) is 11.4. The van der Waals surface area contributed by atoms with E-state index in [0.29, 0.717) is 0 Å². The summed E-state index contributed by atoms with van der Waals surface area (Å²) in [5, 5.41) is 0. The molecular formula is C15H26. The maximum Gasteiger partial charge on any atom is -0.0132 e. The van der Waals surface area contributed by atoms with Crippen LogP contribution in [-0.4, -0.2) is 0 Å². The zero-order valence-corrected chi connectivity index (χ0v) is 11.4. The van der Waals surface area contributed by atoms with Crippen LogP contribution in [0.25, 0.3) is 0 Å². The molecule has 0 rings (SSSR count). The van der Waals surface area contributed by atoms with Crippen LogP contribution in [0.15, 0.2) is 34.9 Å². The van der Waals surface area contributed by atoms with E-state index in [1.807, 2.05) is 0 Å². The summed E-state index contributed by atoms with van der Waals surface area (Å²) in [4.78, 5) is 0. The standard InChI is InChI=1S/C15H26/c1-8-12(3)10-11-14(13(4)9-2)15(5,6)7/h8,10-11H,9H2,1-7H3/b11-10+,12-8-,14-13-. The second-order valence-corrected chi connectivity index (χ2v) is 5.16. The SMILES string of the molecule is C\C=C(C)/C=C/C(=C(\C)CC)C(C)(C)C. The van der Waals surface area contributed by atoms with Gasteiger partial charge in [-0.1, -0.05) is 57.1 Å². The predicted octanol–water partition coefficient (Wildman–Crippen LogP) is 5.28. The Morgan fingerprint density at radius 3 is 1.93 bits per heavy atom. The Morgan fingerprint density at radius 1 is 1.07 bits per heavy atom. The molecule has 0 aromatic heterocycles. The van der Waals surface area contributed by atoms with E-state index in [1.165, 1.54) is 16.7 Å². The van der Waals surface area contributed by atoms with Gasteiger partial charge in [0, 0.05) is 0 Å². The van der Waals surface area contributed by atoms with Gasteiger partial charge >= 0.3 is 0 Å². The van der Waals surface area contributed by atoms with E-state index in [-0.39, 0.29) is 5.41 Å². The summed E-state index contributed by atoms with van der Waals surface area (Å²) >= 11 is 0. The first-order chi connectivity index (χ1) is 6.82. The molecule has 15 heavy (non-hydrogen) atoms. The van der Waals surface area contributed by atoms with Crippen molar-refractivity contribution in [3.05, 3.63) is 34.9 Å². The second kappa shape index (κ2) is 5.95. The highest BCUT2D eigenvalue weighted by Gasteiger charge is 2.16. The van der Waals surface area contributed by atoms with E-state index in [1.54, 1.807) is 0 Å². The molecule has 0 atom stereocenters. The van der Waals surface area contributed by atoms with E-state index in [9.17, 15) is 0 Å². The molecule has 0 unspecified atom stereocenters. The summed E-state index contributed by atoms with van der Waals surface area (Å²) in [5.74, 6) is 0. The maximum atomic E-state index is 2.27. The van der Waals surface area contributed by atoms with Crippen LogP contribution in [0.3, 0.4) is 0 Å². The fraction of sp³-hybridized carbons (Fsp3) is 0.600. The fourth-order valence-corrected chi connectivity index (χ4v) is 1.53. The van der Waals surface area contributed by atoms with Crippen LogP contribution >= 0.6 is 0 Å². The minimum Gasteiger partial charge on any atom is -0.0847 e. The van der Waals surface area contributed by atoms with Crippen molar-refractivity contribution in [3.8, 4) is 0 Å². The summed E-state index contributed by atoms with van der Waals surface area (Å²) in [7, 11) is 0. The molecule has 0 amide bonds. The minimum absolute atomic E-state index is 0.241. The first kappa shape index (κ1) is 14.2. The third-order valence-electron chi connectivity index (χ3n) is 2.77. The Morgan fingerprint density at radius 2 is 1.60 bits per heavy atom. The van der Waals surface area contributed by atoms with Gasteiger partial charge in [-0.2, -0.15) is 0 Å². The molecule has 0 fully saturated rings. The van der Waals surface area contributed by atoms with Gasteiger partial charge in [-0.15, -0.1) is 0 Å². The van der Waals surface area contributed by atoms with E-state index in [0.717, 1.165) is 6.42 Å². The average Bonchev–Trinajstić information content (AvgIpc) is 2.15. The summed E-state index contributed by atoms with van der Waals surface area (Å²) in [6.07, 6.45) is 7.75. The molecule has 0 heteroatoms. The molecule has 0 saturated heterocycles. The lowest BCUT2D eigenvalue weighted by Crippen LogP contribution is -2.09. The van der Waals surface area contributed by atoms with Crippen molar-refractivity contribution >= 4 is 0 Å². The van der Waals surface area contributed by atoms with Gasteiger partial charge < -0.3 is 0 Å². The van der Waals surface area contributed by atoms with Crippen molar-refractivity contribution in [1.29, 1.82) is 0 Å². The van der Waals surface area contributed by atoms with E-state index in [2.05, 4.69) is 66.7 Å². The monoisotopic (exact) mass is 206 g/mol. The third kappa shape index (κ3) is 5.01. The summed E-state index contributed by atoms with van der Waals surface area (Å²) in [6.45, 7) is 15.5. The van der Waals surface area contributed by atoms with Crippen molar-refractivity contribution in [2.45, 2.75) is 54.9 Å². The predicted molar refractivity (Wildman–Crippen MR) is 71.0 cm³/mol. The number of rotatable bonds is 3. The molecule has 0 radical (unpaired) electrons. The van der Waals surface area contributed by atoms with E-state index < -0.39 is 0 Å². The topological polar surface area (TPSA) is 0 Å². The summed E-state index contributed by atoms with van der Waals surface area (Å²) in [6, 6.07) is 0. The van der Waals surface area contributed by atoms with Crippen LogP contribution in [0, 0.1) is 5.41 Å². The van der Waals surface area contributed by atoms with Gasteiger partial charge in [-0.05, 0) is 38.2 Å². The molecule has 0 saturated carbocycles. The summed E-state index contributed by atoms with van der Waals surface area (Å²) < 4.78 is 0. The fourth-order valence-electron chi connectivity index (χ4n) is 1.53. The van der Waals surface area contributed by atoms with Gasteiger partial charge in [0.25, 0.3) is 0 Å². The average molecular weight is 206 g/mol. The molecule has 0 aliphatic heterocycles. The van der Waals surface area contributed by atoms with Gasteiger partial charge in [-0.25, -0.2) is 0 Å². The van der Waals surface area contributed by atoms with Gasteiger partial charge in [0.2, 0.25) is 0 Å². The normalized spacial score (nSPS) is 15.8. The smallest absolute Gasteiger partial charge is 0.0132 e. The molecule has 0 aliphatic rings. The van der Waals surface area contributed by atoms with Crippen LogP contribution in [0.4, 0.5) is 0 Å². The van der Waals surface area contributed by atoms with E-state index >= 15 is 0 Å². The van der Waals surface area contributed by atoms with Crippen LogP contribution in [0.1, 0.15) is 54.9 Å². The molecule has 0 bridgehead atoms. The Labute approximate surface area is 95.8 Å². The van der Waals surface area contributed by atoms with Crippen LogP contribution < -0.4 is 0 Å². The second-order valence-electron chi connectivity index (χ2n) is 5.16. The van der Waals surface area contributed by atoms with E-state index in [4.69, 9.17) is 0 Å². The van der Waals surface area contributed by atoms with Crippen LogP contribution in [-0.2, 0) is 0 Å². The zero-order chi connectivity index (χ0) is 12.1. The van der Waals surface area contributed by atoms with Gasteiger partial charge in [-0.3, -0.25) is 0 Å². The lowest BCUT2D eigenvalue weighted by atomic mass is 9.82. The van der Waals surface area contributed by atoms with Crippen molar-refractivity contribution < 1.29 is 0 Å². The Hall–Kier alpha value is -0.780. The van der Waals surface area contributed by atoms with Gasteiger partial charge in [0.1, 0.15) is 0 Å². The Bertz CT molecular complexity index is 280. The van der Waals surface area contributed by atoms with Crippen molar-refractivity contribution in [2.24, 2.45) is 5.41 Å². The molecular weight excluding hydrogens is 180 g/mol. The minimum atomic E-state index is 0.241. The van der Waals surface area contributed by atoms with Gasteiger partial charge in [0.15, 0.2) is 0 Å². The molecule has 0 nitrogen and oxygen atoms in total. The largest absolute Gasteiger partial charge is 0.0847 e. The highest BCUT2D eigenvalue weighted by Crippen LogP contribution is 2.30. The van der Waals surface area contributed by atoms with Crippen LogP contribution in [0.2, 0.25) is 0 Å².